The molecule has 0 unspecified atom stereocenters. The molecule has 0 aromatic heterocycles. The minimum absolute atomic E-state index is 0.0856. The van der Waals surface area contributed by atoms with Crippen molar-refractivity contribution < 1.29 is 37.4 Å². The maximum atomic E-state index is 15.4. The minimum Gasteiger partial charge on any atom is -0.443 e. The monoisotopic (exact) mass is 777 g/mol. The molecule has 0 heterocycles. The van der Waals surface area contributed by atoms with E-state index < -0.39 is 74.4 Å². The molecule has 16 heteroatoms. The number of nitrogens with zero attached hydrogens (tertiary/aromatic N) is 1. The first kappa shape index (κ1) is 38.5. The smallest absolute Gasteiger partial charge is 0.424 e. The molecule has 0 saturated heterocycles. The van der Waals surface area contributed by atoms with Crippen molar-refractivity contribution in [2.24, 2.45) is 5.92 Å². The van der Waals surface area contributed by atoms with Crippen LogP contribution in [0.15, 0.2) is 48.5 Å². The van der Waals surface area contributed by atoms with Crippen molar-refractivity contribution in [1.29, 1.82) is 0 Å². The summed E-state index contributed by atoms with van der Waals surface area (Å²) in [5.74, 6) is -5.76. The summed E-state index contributed by atoms with van der Waals surface area (Å²) in [7, 11) is 0. The number of halogens is 7. The Morgan fingerprint density at radius 3 is 1.88 bits per heavy atom. The number of benzene rings is 3. The van der Waals surface area contributed by atoms with E-state index in [0.717, 1.165) is 0 Å². The number of rotatable bonds is 6. The standard InChI is InChI=1S/C33H30Cl5F2N3O6/c1-31(2,3)48-29(46)43(30(47)49-32(4,5)6)23-13-18(39)12-22(40)26(23)42-27(44)20-14-19(7-8-21(20)36)41-28(45)25-24(33(25,37)38)15-9-16(34)11-17(35)10-15/h7-14,24-25H,1-6H3,(H,41,45)(H,42,44)/t24-,25+/m0/s1. The van der Waals surface area contributed by atoms with E-state index in [4.69, 9.17) is 67.5 Å². The molecule has 1 aliphatic rings. The van der Waals surface area contributed by atoms with Crippen molar-refractivity contribution in [2.45, 2.75) is 63.0 Å². The van der Waals surface area contributed by atoms with E-state index in [1.165, 1.54) is 65.8 Å². The molecule has 1 saturated carbocycles. The topological polar surface area (TPSA) is 114 Å². The molecular formula is C33H30Cl5F2N3O6. The maximum absolute atomic E-state index is 15.4. The number of carbonyl (C=O) groups is 4. The molecule has 2 atom stereocenters. The Morgan fingerprint density at radius 1 is 0.796 bits per heavy atom. The van der Waals surface area contributed by atoms with Gasteiger partial charge < -0.3 is 20.1 Å². The molecule has 3 aromatic rings. The van der Waals surface area contributed by atoms with Crippen LogP contribution in [0.25, 0.3) is 0 Å². The molecule has 0 radical (unpaired) electrons. The van der Waals surface area contributed by atoms with E-state index in [1.54, 1.807) is 12.1 Å². The highest BCUT2D eigenvalue weighted by Gasteiger charge is 2.67. The Kier molecular flexibility index (Phi) is 11.1. The second kappa shape index (κ2) is 14.1. The van der Waals surface area contributed by atoms with Crippen LogP contribution in [0.5, 0.6) is 0 Å². The van der Waals surface area contributed by atoms with Crippen LogP contribution >= 0.6 is 58.0 Å². The summed E-state index contributed by atoms with van der Waals surface area (Å²) in [5, 5.41) is 5.40. The van der Waals surface area contributed by atoms with Gasteiger partial charge >= 0.3 is 12.2 Å². The van der Waals surface area contributed by atoms with Gasteiger partial charge in [0.2, 0.25) is 5.91 Å². The predicted octanol–water partition coefficient (Wildman–Crippen LogP) is 10.4. The van der Waals surface area contributed by atoms with Gasteiger partial charge in [-0.3, -0.25) is 9.59 Å². The van der Waals surface area contributed by atoms with Crippen LogP contribution < -0.4 is 15.5 Å². The number of hydrogen-bond donors (Lipinski definition) is 2. The van der Waals surface area contributed by atoms with Gasteiger partial charge in [-0.25, -0.2) is 18.4 Å². The predicted molar refractivity (Wildman–Crippen MR) is 186 cm³/mol. The lowest BCUT2D eigenvalue weighted by Crippen LogP contribution is -2.44. The molecule has 1 fully saturated rings. The average molecular weight is 780 g/mol. The Balaban J connectivity index is 1.65. The highest BCUT2D eigenvalue weighted by molar-refractivity contribution is 6.53. The first-order valence-corrected chi connectivity index (χ1v) is 16.4. The van der Waals surface area contributed by atoms with Crippen molar-refractivity contribution in [2.75, 3.05) is 15.5 Å². The molecule has 4 amide bonds. The van der Waals surface area contributed by atoms with Gasteiger partial charge in [0.25, 0.3) is 5.91 Å². The molecule has 0 spiro atoms. The molecule has 2 N–H and O–H groups in total. The van der Waals surface area contributed by atoms with E-state index in [9.17, 15) is 23.6 Å². The highest BCUT2D eigenvalue weighted by Crippen LogP contribution is 2.65. The zero-order valence-electron chi connectivity index (χ0n) is 26.8. The number of amides is 4. The van der Waals surface area contributed by atoms with Crippen LogP contribution in [0.1, 0.15) is 63.4 Å². The van der Waals surface area contributed by atoms with Gasteiger partial charge in [0, 0.05) is 33.8 Å². The Labute approximate surface area is 306 Å². The molecule has 49 heavy (non-hydrogen) atoms. The van der Waals surface area contributed by atoms with Crippen molar-refractivity contribution in [3.8, 4) is 0 Å². The molecule has 3 aromatic carbocycles. The van der Waals surface area contributed by atoms with Gasteiger partial charge in [-0.2, -0.15) is 4.90 Å². The molecular weight excluding hydrogens is 750 g/mol. The summed E-state index contributed by atoms with van der Waals surface area (Å²) in [6, 6.07) is 9.65. The number of imide groups is 1. The fourth-order valence-electron chi connectivity index (χ4n) is 4.75. The van der Waals surface area contributed by atoms with E-state index in [1.807, 2.05) is 0 Å². The Bertz CT molecular complexity index is 1800. The van der Waals surface area contributed by atoms with Gasteiger partial charge in [-0.05, 0) is 83.5 Å². The van der Waals surface area contributed by atoms with Crippen LogP contribution in [0.3, 0.4) is 0 Å². The Hall–Kier alpha value is -3.35. The van der Waals surface area contributed by atoms with Crippen molar-refractivity contribution in [3.05, 3.63) is 86.4 Å². The van der Waals surface area contributed by atoms with E-state index >= 15 is 4.39 Å². The molecule has 262 valence electrons. The highest BCUT2D eigenvalue weighted by atomic mass is 35.5. The summed E-state index contributed by atoms with van der Waals surface area (Å²) in [5.41, 5.74) is -3.42. The van der Waals surface area contributed by atoms with Crippen LogP contribution in [-0.2, 0) is 14.3 Å². The molecule has 0 aliphatic heterocycles. The number of hydrogen-bond acceptors (Lipinski definition) is 6. The van der Waals surface area contributed by atoms with Crippen LogP contribution in [-0.4, -0.2) is 39.5 Å². The lowest BCUT2D eigenvalue weighted by Gasteiger charge is -2.29. The maximum Gasteiger partial charge on any atom is 0.424 e. The molecule has 4 rings (SSSR count). The number of nitrogens with one attached hydrogen (secondary N) is 2. The zero-order chi connectivity index (χ0) is 36.8. The average Bonchev–Trinajstić information content (AvgIpc) is 3.50. The summed E-state index contributed by atoms with van der Waals surface area (Å²) in [6.45, 7) is 9.07. The van der Waals surface area contributed by atoms with E-state index in [0.29, 0.717) is 27.7 Å². The normalized spacial score (nSPS) is 16.8. The van der Waals surface area contributed by atoms with Gasteiger partial charge in [-0.1, -0.05) is 34.8 Å². The van der Waals surface area contributed by atoms with Crippen molar-refractivity contribution in [1.82, 2.24) is 0 Å². The van der Waals surface area contributed by atoms with Gasteiger partial charge in [0.05, 0.1) is 22.2 Å². The van der Waals surface area contributed by atoms with Gasteiger partial charge in [-0.15, -0.1) is 23.2 Å². The van der Waals surface area contributed by atoms with Gasteiger partial charge in [0.15, 0.2) is 5.82 Å². The summed E-state index contributed by atoms with van der Waals surface area (Å²) in [4.78, 5) is 53.5. The number of anilines is 3. The minimum atomic E-state index is -1.49. The second-order valence-corrected chi connectivity index (χ2v) is 15.8. The second-order valence-electron chi connectivity index (χ2n) is 13.0. The van der Waals surface area contributed by atoms with Gasteiger partial charge in [0.1, 0.15) is 27.0 Å². The third-order valence-electron chi connectivity index (χ3n) is 6.72. The summed E-state index contributed by atoms with van der Waals surface area (Å²) < 4.78 is 39.1. The Morgan fingerprint density at radius 2 is 1.35 bits per heavy atom. The number of carbonyl (C=O) groups excluding carboxylic acids is 4. The molecule has 1 aliphatic carbocycles. The SMILES string of the molecule is CC(C)(C)OC(=O)N(C(=O)OC(C)(C)C)c1cc(F)cc(F)c1NC(=O)c1cc(NC(=O)[C@H]2[C@H](c3cc(Cl)cc(Cl)c3)C2(Cl)Cl)ccc1Cl. The van der Waals surface area contributed by atoms with E-state index in [-0.39, 0.29) is 21.2 Å². The fourth-order valence-corrected chi connectivity index (χ4v) is 6.32. The van der Waals surface area contributed by atoms with Crippen molar-refractivity contribution >= 4 is 99.1 Å². The van der Waals surface area contributed by atoms with Crippen LogP contribution in [0, 0.1) is 17.6 Å². The number of ether oxygens (including phenoxy) is 2. The lowest BCUT2D eigenvalue weighted by molar-refractivity contribution is -0.117. The fraction of sp³-hybridized carbons (Fsp3) is 0.333. The van der Waals surface area contributed by atoms with Crippen LogP contribution in [0.2, 0.25) is 15.1 Å². The lowest BCUT2D eigenvalue weighted by atomic mass is 10.1. The van der Waals surface area contributed by atoms with E-state index in [2.05, 4.69) is 10.6 Å². The van der Waals surface area contributed by atoms with Crippen LogP contribution in [0.4, 0.5) is 35.4 Å². The third-order valence-corrected chi connectivity index (χ3v) is 8.43. The summed E-state index contributed by atoms with van der Waals surface area (Å²) in [6.07, 6.45) is -2.67. The molecule has 0 bridgehead atoms. The quantitative estimate of drug-likeness (QED) is 0.241. The summed E-state index contributed by atoms with van der Waals surface area (Å²) >= 11 is 31.4. The molecule has 9 nitrogen and oxygen atoms in total. The third kappa shape index (κ3) is 9.26. The number of alkyl halides is 2. The first-order chi connectivity index (χ1) is 22.5. The first-order valence-electron chi connectivity index (χ1n) is 14.5. The zero-order valence-corrected chi connectivity index (χ0v) is 30.6. The van der Waals surface area contributed by atoms with Crippen molar-refractivity contribution in [3.63, 3.8) is 0 Å². The largest absolute Gasteiger partial charge is 0.443 e.